The van der Waals surface area contributed by atoms with Crippen LogP contribution >= 0.6 is 0 Å². The first-order valence-electron chi connectivity index (χ1n) is 15.3. The number of carbonyl (C=O) groups is 2. The Balaban J connectivity index is 1.37. The molecule has 13 heteroatoms. The van der Waals surface area contributed by atoms with Crippen LogP contribution in [0.5, 0.6) is 17.2 Å². The van der Waals surface area contributed by atoms with Gasteiger partial charge in [0.2, 0.25) is 22.7 Å². The van der Waals surface area contributed by atoms with Crippen LogP contribution in [0.4, 0.5) is 10.5 Å². The Labute approximate surface area is 269 Å². The Kier molecular flexibility index (Phi) is 9.87. The predicted octanol–water partition coefficient (Wildman–Crippen LogP) is 3.55. The third-order valence-corrected chi connectivity index (χ3v) is 9.90. The lowest BCUT2D eigenvalue weighted by Crippen LogP contribution is -2.62. The number of nitrogens with two attached hydrogens (primary N) is 1. The largest absolute Gasteiger partial charge is 0.508 e. The quantitative estimate of drug-likeness (QED) is 0.242. The molecule has 46 heavy (non-hydrogen) atoms. The summed E-state index contributed by atoms with van der Waals surface area (Å²) in [6.45, 7) is 5.68. The van der Waals surface area contributed by atoms with Crippen LogP contribution in [0.15, 0.2) is 71.6 Å². The minimum Gasteiger partial charge on any atom is -0.508 e. The van der Waals surface area contributed by atoms with Gasteiger partial charge in [-0.05, 0) is 93.3 Å². The zero-order valence-electron chi connectivity index (χ0n) is 26.3. The first kappa shape index (κ1) is 33.2. The van der Waals surface area contributed by atoms with Crippen molar-refractivity contribution in [3.63, 3.8) is 0 Å². The fourth-order valence-electron chi connectivity index (χ4n) is 6.11. The van der Waals surface area contributed by atoms with Crippen molar-refractivity contribution in [3.05, 3.63) is 77.9 Å². The Morgan fingerprint density at radius 2 is 1.70 bits per heavy atom. The van der Waals surface area contributed by atoms with Crippen LogP contribution in [0, 0.1) is 0 Å². The van der Waals surface area contributed by atoms with Crippen molar-refractivity contribution in [1.29, 1.82) is 0 Å². The van der Waals surface area contributed by atoms with E-state index in [1.165, 1.54) is 41.3 Å². The van der Waals surface area contributed by atoms with Crippen molar-refractivity contribution < 1.29 is 37.1 Å². The van der Waals surface area contributed by atoms with Gasteiger partial charge in [-0.15, -0.1) is 0 Å². The number of nitrogens with zero attached hydrogens (tertiary/aromatic N) is 2. The van der Waals surface area contributed by atoms with E-state index < -0.39 is 34.0 Å². The lowest BCUT2D eigenvalue weighted by Gasteiger charge is -2.44. The summed E-state index contributed by atoms with van der Waals surface area (Å²) in [7, 11) is -1.60. The minimum absolute atomic E-state index is 0.0620. The van der Waals surface area contributed by atoms with E-state index >= 15 is 0 Å². The monoisotopic (exact) mass is 652 g/mol. The molecule has 12 nitrogen and oxygen atoms in total. The number of phenolic OH excluding ortho intramolecular Hbond substituents is 1. The molecule has 0 bridgehead atoms. The number of rotatable bonds is 10. The van der Waals surface area contributed by atoms with Crippen molar-refractivity contribution in [2.75, 3.05) is 32.2 Å². The molecule has 0 saturated carbocycles. The lowest BCUT2D eigenvalue weighted by atomic mass is 9.98. The number of imide groups is 1. The van der Waals surface area contributed by atoms with Crippen LogP contribution in [-0.2, 0) is 27.8 Å². The van der Waals surface area contributed by atoms with Gasteiger partial charge >= 0.3 is 6.03 Å². The van der Waals surface area contributed by atoms with Gasteiger partial charge in [0.15, 0.2) is 11.5 Å². The molecular formula is C33H42N5O7S+. The van der Waals surface area contributed by atoms with Crippen LogP contribution in [0.1, 0.15) is 37.8 Å². The molecule has 0 radical (unpaired) electrons. The van der Waals surface area contributed by atoms with Crippen LogP contribution in [0.25, 0.3) is 0 Å². The fraction of sp³-hybridized carbons (Fsp3) is 0.394. The number of hydrogen-bond acceptors (Lipinski definition) is 8. The summed E-state index contributed by atoms with van der Waals surface area (Å²) in [5.74, 6) is 0.992. The fourth-order valence-corrected chi connectivity index (χ4v) is 7.36. The maximum absolute atomic E-state index is 14.0. The van der Waals surface area contributed by atoms with Crippen molar-refractivity contribution in [3.8, 4) is 17.2 Å². The van der Waals surface area contributed by atoms with E-state index in [0.717, 1.165) is 24.1 Å². The molecule has 0 spiro atoms. The van der Waals surface area contributed by atoms with E-state index in [1.54, 1.807) is 26.0 Å². The normalized spacial score (nSPS) is 19.9. The van der Waals surface area contributed by atoms with Gasteiger partial charge in [0, 0.05) is 17.3 Å². The van der Waals surface area contributed by atoms with E-state index in [1.807, 2.05) is 18.2 Å². The molecule has 5 rings (SSSR count). The van der Waals surface area contributed by atoms with Gasteiger partial charge in [0.1, 0.15) is 18.8 Å². The van der Waals surface area contributed by atoms with Gasteiger partial charge in [-0.3, -0.25) is 9.69 Å². The second-order valence-electron chi connectivity index (χ2n) is 12.6. The maximum atomic E-state index is 14.0. The number of likely N-dealkylation sites (tertiary alicyclic amines) is 1. The third kappa shape index (κ3) is 7.97. The predicted molar refractivity (Wildman–Crippen MR) is 173 cm³/mol. The summed E-state index contributed by atoms with van der Waals surface area (Å²) in [5.41, 5.74) is 8.58. The molecule has 246 valence electrons. The van der Waals surface area contributed by atoms with Gasteiger partial charge in [0.25, 0.3) is 0 Å². The molecule has 1 saturated heterocycles. The Hall–Kier alpha value is -4.17. The van der Waals surface area contributed by atoms with Gasteiger partial charge in [0.05, 0.1) is 30.6 Å². The first-order chi connectivity index (χ1) is 21.8. The smallest absolute Gasteiger partial charge is 0.329 e. The van der Waals surface area contributed by atoms with E-state index in [9.17, 15) is 23.1 Å². The molecule has 3 atom stereocenters. The number of likely N-dealkylation sites (N-methyl/N-ethyl adjacent to an activating group) is 1. The average molecular weight is 653 g/mol. The van der Waals surface area contributed by atoms with E-state index in [-0.39, 0.29) is 29.9 Å². The number of carbonyl (C=O) groups excluding carboxylic acids is 2. The van der Waals surface area contributed by atoms with Crippen molar-refractivity contribution in [1.82, 2.24) is 9.62 Å². The topological polar surface area (TPSA) is 160 Å². The average Bonchev–Trinajstić information content (AvgIpc) is 3.46. The van der Waals surface area contributed by atoms with Crippen LogP contribution in [0.2, 0.25) is 0 Å². The zero-order chi connectivity index (χ0) is 33.1. The summed E-state index contributed by atoms with van der Waals surface area (Å²) in [5, 5.41) is 12.5. The zero-order valence-corrected chi connectivity index (χ0v) is 27.1. The van der Waals surface area contributed by atoms with E-state index in [4.69, 9.17) is 15.2 Å². The van der Waals surface area contributed by atoms with Crippen LogP contribution in [-0.4, -0.2) is 79.9 Å². The Morgan fingerprint density at radius 3 is 2.39 bits per heavy atom. The third-order valence-electron chi connectivity index (χ3n) is 8.23. The molecule has 1 unspecified atom stereocenters. The lowest BCUT2D eigenvalue weighted by molar-refractivity contribution is -0.928. The molecule has 5 N–H and O–H groups in total. The van der Waals surface area contributed by atoms with Gasteiger partial charge in [-0.25, -0.2) is 17.9 Å². The highest BCUT2D eigenvalue weighted by atomic mass is 32.2. The second kappa shape index (κ2) is 13.7. The number of urea groups is 1. The van der Waals surface area contributed by atoms with Gasteiger partial charge in [-0.2, -0.15) is 0 Å². The van der Waals surface area contributed by atoms with Gasteiger partial charge < -0.3 is 30.1 Å². The van der Waals surface area contributed by atoms with Crippen LogP contribution in [0.3, 0.4) is 0 Å². The second-order valence-corrected chi connectivity index (χ2v) is 14.3. The van der Waals surface area contributed by atoms with Crippen LogP contribution < -0.4 is 25.2 Å². The molecule has 2 heterocycles. The highest BCUT2D eigenvalue weighted by Gasteiger charge is 2.41. The number of amides is 3. The number of quaternary nitrogens is 1. The summed E-state index contributed by atoms with van der Waals surface area (Å²) in [6, 6.07) is 15.7. The summed E-state index contributed by atoms with van der Waals surface area (Å²) >= 11 is 0. The maximum Gasteiger partial charge on any atom is 0.329 e. The number of ether oxygens (including phenoxy) is 2. The molecule has 3 amide bonds. The molecule has 2 aliphatic rings. The minimum atomic E-state index is -3.71. The molecule has 0 aliphatic carbocycles. The molecular weight excluding hydrogens is 610 g/mol. The van der Waals surface area contributed by atoms with Crippen molar-refractivity contribution >= 4 is 27.6 Å². The molecule has 1 fully saturated rings. The standard InChI is InChI=1S/C33H41N5O7S/c1-22(2)36-46(42,43)28-13-9-25(10-14-28)35-33(41)37(32(40)29(34)17-23-6-11-27(39)12-7-23)26-5-4-16-38(3,20-26)19-24-8-15-30-31(18-24)45-21-44-30/h6-15,18,22,26,29,36H,4-5,16-17,19-21,34H2,1-3H3,(H-,35,39,41)/p+1/t26-,29-,38?/m0/s1. The summed E-state index contributed by atoms with van der Waals surface area (Å²) in [6.07, 6.45) is 1.57. The summed E-state index contributed by atoms with van der Waals surface area (Å²) in [4.78, 5) is 29.2. The number of hydrogen-bond donors (Lipinski definition) is 4. The highest BCUT2D eigenvalue weighted by Crippen LogP contribution is 2.34. The van der Waals surface area contributed by atoms with Crippen molar-refractivity contribution in [2.24, 2.45) is 5.73 Å². The number of anilines is 1. The number of benzene rings is 3. The molecule has 3 aromatic rings. The first-order valence-corrected chi connectivity index (χ1v) is 16.8. The molecule has 0 aromatic heterocycles. The Morgan fingerprint density at radius 1 is 1.02 bits per heavy atom. The Bertz CT molecular complexity index is 1660. The van der Waals surface area contributed by atoms with Gasteiger partial charge in [-0.1, -0.05) is 12.1 Å². The molecule has 3 aromatic carbocycles. The number of fused-ring (bicyclic) bond motifs is 1. The summed E-state index contributed by atoms with van der Waals surface area (Å²) < 4.78 is 39.3. The van der Waals surface area contributed by atoms with E-state index in [0.29, 0.717) is 41.2 Å². The number of piperidine rings is 1. The number of sulfonamides is 1. The SMILES string of the molecule is CC(C)NS(=O)(=O)c1ccc(NC(=O)N(C(=O)[C@@H](N)Cc2ccc(O)cc2)[C@H]2CCC[N+](C)(Cc3ccc4c(c3)OCO4)C2)cc1. The van der Waals surface area contributed by atoms with Crippen molar-refractivity contribution in [2.45, 2.75) is 62.7 Å². The molecule has 2 aliphatic heterocycles. The number of nitrogens with one attached hydrogen (secondary N) is 2. The highest BCUT2D eigenvalue weighted by molar-refractivity contribution is 7.89. The number of phenols is 1. The van der Waals surface area contributed by atoms with E-state index in [2.05, 4.69) is 17.1 Å². The number of aromatic hydroxyl groups is 1.